The standard InChI is InChI=1S/C11H15ClN2O8S2.C10H13NO2S/c1-13-11-3-2-9(8-10(11)12)14(4-6-21-23(15,16)17)5-7-22-24(18,19)20;1-3-8-14(12,13)10-6-4-9(11-2)5-7-10/h2-3,8H,1,4-7H2,(H,15,16,17)(H,18,19,20);4-7H,2-3,8H2,1H3. The van der Waals surface area contributed by atoms with Gasteiger partial charge in [-0.05, 0) is 62.3 Å². The molecule has 0 aliphatic carbocycles. The van der Waals surface area contributed by atoms with Crippen LogP contribution in [0.1, 0.15) is 13.3 Å². The molecule has 0 heterocycles. The normalized spacial score (nSPS) is 11.8. The molecule has 2 aromatic rings. The number of aliphatic imine (C=N–C) groups is 2. The van der Waals surface area contributed by atoms with E-state index in [-0.39, 0.29) is 23.9 Å². The molecule has 0 unspecified atom stereocenters. The maximum Gasteiger partial charge on any atom is 0.397 e. The second-order valence-corrected chi connectivity index (χ2v) is 11.9. The lowest BCUT2D eigenvalue weighted by Crippen LogP contribution is -2.32. The fraction of sp³-hybridized carbons (Fsp3) is 0.333. The molecule has 0 aliphatic heterocycles. The first kappa shape index (κ1) is 33.6. The molecule has 2 aromatic carbocycles. The minimum Gasteiger partial charge on any atom is -0.367 e. The molecule has 17 heteroatoms. The summed E-state index contributed by atoms with van der Waals surface area (Å²) in [5, 5.41) is 0.263. The van der Waals surface area contributed by atoms with Crippen molar-refractivity contribution < 1.29 is 42.7 Å². The molecule has 0 bridgehead atoms. The van der Waals surface area contributed by atoms with Crippen LogP contribution in [0.25, 0.3) is 0 Å². The molecule has 212 valence electrons. The zero-order chi connectivity index (χ0) is 29.0. The fourth-order valence-corrected chi connectivity index (χ4v) is 4.97. The van der Waals surface area contributed by atoms with Gasteiger partial charge in [-0.15, -0.1) is 0 Å². The highest BCUT2D eigenvalue weighted by molar-refractivity contribution is 7.91. The summed E-state index contributed by atoms with van der Waals surface area (Å²) >= 11 is 5.99. The predicted octanol–water partition coefficient (Wildman–Crippen LogP) is 3.32. The SMILES string of the molecule is C=Nc1ccc(N(CCOS(=O)(=O)O)CCOS(=O)(=O)O)cc1Cl.C=Nc1ccc(S(=O)(=O)CCC)cc1. The van der Waals surface area contributed by atoms with Gasteiger partial charge in [-0.1, -0.05) is 18.5 Å². The van der Waals surface area contributed by atoms with Crippen LogP contribution in [0, 0.1) is 0 Å². The van der Waals surface area contributed by atoms with Crippen LogP contribution >= 0.6 is 11.6 Å². The van der Waals surface area contributed by atoms with Gasteiger partial charge < -0.3 is 4.90 Å². The first-order valence-corrected chi connectivity index (χ1v) is 15.4. The van der Waals surface area contributed by atoms with Crippen LogP contribution in [0.5, 0.6) is 0 Å². The third-order valence-electron chi connectivity index (χ3n) is 4.50. The van der Waals surface area contributed by atoms with Gasteiger partial charge in [0.05, 0.1) is 40.3 Å². The zero-order valence-electron chi connectivity index (χ0n) is 20.3. The van der Waals surface area contributed by atoms with E-state index < -0.39 is 43.8 Å². The number of sulfone groups is 1. The van der Waals surface area contributed by atoms with E-state index in [2.05, 4.69) is 31.8 Å². The third kappa shape index (κ3) is 12.9. The predicted molar refractivity (Wildman–Crippen MR) is 146 cm³/mol. The number of halogens is 1. The molecule has 0 saturated carbocycles. The van der Waals surface area contributed by atoms with Gasteiger partial charge in [0.2, 0.25) is 0 Å². The van der Waals surface area contributed by atoms with Crippen LogP contribution in [-0.4, -0.2) is 79.9 Å². The lowest BCUT2D eigenvalue weighted by atomic mass is 10.2. The second-order valence-electron chi connectivity index (χ2n) is 7.25. The first-order chi connectivity index (χ1) is 17.6. The lowest BCUT2D eigenvalue weighted by molar-refractivity contribution is 0.261. The highest BCUT2D eigenvalue weighted by atomic mass is 35.5. The summed E-state index contributed by atoms with van der Waals surface area (Å²) in [6.45, 7) is 7.62. The van der Waals surface area contributed by atoms with Gasteiger partial charge in [0.15, 0.2) is 9.84 Å². The molecular weight excluding hydrogens is 586 g/mol. The molecule has 13 nitrogen and oxygen atoms in total. The Bertz CT molecular complexity index is 1360. The molecule has 0 saturated heterocycles. The molecule has 0 aliphatic rings. The average Bonchev–Trinajstić information content (AvgIpc) is 2.82. The Morgan fingerprint density at radius 3 is 1.79 bits per heavy atom. The van der Waals surface area contributed by atoms with Gasteiger partial charge in [0.1, 0.15) is 0 Å². The monoisotopic (exact) mass is 613 g/mol. The van der Waals surface area contributed by atoms with Crippen molar-refractivity contribution in [3.8, 4) is 0 Å². The minimum atomic E-state index is -4.61. The van der Waals surface area contributed by atoms with E-state index in [0.717, 1.165) is 0 Å². The number of anilines is 1. The topological polar surface area (TPSA) is 189 Å². The van der Waals surface area contributed by atoms with Gasteiger partial charge in [-0.3, -0.25) is 19.1 Å². The van der Waals surface area contributed by atoms with Crippen LogP contribution in [0.2, 0.25) is 5.02 Å². The Hall–Kier alpha value is -2.44. The maximum atomic E-state index is 11.6. The van der Waals surface area contributed by atoms with Crippen molar-refractivity contribution >= 4 is 72.7 Å². The highest BCUT2D eigenvalue weighted by Gasteiger charge is 2.14. The summed E-state index contributed by atoms with van der Waals surface area (Å²) in [6, 6.07) is 11.0. The van der Waals surface area contributed by atoms with Crippen LogP contribution in [-0.2, 0) is 39.0 Å². The van der Waals surface area contributed by atoms with Crippen LogP contribution < -0.4 is 4.90 Å². The van der Waals surface area contributed by atoms with Gasteiger partial charge in [-0.25, -0.2) is 16.8 Å². The summed E-state index contributed by atoms with van der Waals surface area (Å²) < 4.78 is 91.0. The van der Waals surface area contributed by atoms with E-state index in [1.54, 1.807) is 36.4 Å². The van der Waals surface area contributed by atoms with Crippen molar-refractivity contribution in [2.45, 2.75) is 18.2 Å². The van der Waals surface area contributed by atoms with Crippen molar-refractivity contribution in [1.29, 1.82) is 0 Å². The highest BCUT2D eigenvalue weighted by Crippen LogP contribution is 2.29. The molecule has 2 rings (SSSR count). The minimum absolute atomic E-state index is 0.0498. The van der Waals surface area contributed by atoms with Crippen molar-refractivity contribution in [2.24, 2.45) is 9.98 Å². The molecule has 0 amide bonds. The molecule has 0 spiro atoms. The van der Waals surface area contributed by atoms with E-state index in [0.29, 0.717) is 28.4 Å². The van der Waals surface area contributed by atoms with Gasteiger partial charge >= 0.3 is 20.8 Å². The Kier molecular flexibility index (Phi) is 13.5. The molecule has 38 heavy (non-hydrogen) atoms. The molecule has 2 N–H and O–H groups in total. The maximum absolute atomic E-state index is 11.6. The van der Waals surface area contributed by atoms with E-state index in [1.165, 1.54) is 11.0 Å². The smallest absolute Gasteiger partial charge is 0.367 e. The van der Waals surface area contributed by atoms with Gasteiger partial charge in [-0.2, -0.15) is 16.8 Å². The number of hydrogen-bond acceptors (Lipinski definition) is 11. The number of nitrogens with zero attached hydrogens (tertiary/aromatic N) is 3. The molecule has 0 fully saturated rings. The molecule has 0 radical (unpaired) electrons. The Labute approximate surface area is 227 Å². The van der Waals surface area contributed by atoms with E-state index in [1.807, 2.05) is 6.92 Å². The van der Waals surface area contributed by atoms with Crippen LogP contribution in [0.15, 0.2) is 57.3 Å². The number of benzene rings is 2. The van der Waals surface area contributed by atoms with Gasteiger partial charge in [0.25, 0.3) is 0 Å². The van der Waals surface area contributed by atoms with Crippen molar-refractivity contribution in [3.05, 3.63) is 47.5 Å². The number of hydrogen-bond donors (Lipinski definition) is 2. The Morgan fingerprint density at radius 2 is 1.39 bits per heavy atom. The molecule has 0 aromatic heterocycles. The third-order valence-corrected chi connectivity index (χ3v) is 7.67. The summed E-state index contributed by atoms with van der Waals surface area (Å²) in [5.74, 6) is 0.188. The first-order valence-electron chi connectivity index (χ1n) is 10.7. The lowest BCUT2D eigenvalue weighted by Gasteiger charge is -2.24. The zero-order valence-corrected chi connectivity index (χ0v) is 23.5. The van der Waals surface area contributed by atoms with Crippen molar-refractivity contribution in [3.63, 3.8) is 0 Å². The summed E-state index contributed by atoms with van der Waals surface area (Å²) in [4.78, 5) is 9.20. The van der Waals surface area contributed by atoms with Crippen molar-refractivity contribution in [2.75, 3.05) is 37.0 Å². The second kappa shape index (κ2) is 15.2. The number of rotatable bonds is 14. The van der Waals surface area contributed by atoms with E-state index in [9.17, 15) is 25.3 Å². The summed E-state index contributed by atoms with van der Waals surface area (Å²) in [6.07, 6.45) is 0.629. The Morgan fingerprint density at radius 1 is 0.868 bits per heavy atom. The quantitative estimate of drug-likeness (QED) is 0.235. The molecular formula is C21H28ClN3O10S3. The van der Waals surface area contributed by atoms with E-state index in [4.69, 9.17) is 20.7 Å². The van der Waals surface area contributed by atoms with Crippen molar-refractivity contribution in [1.82, 2.24) is 0 Å². The fourth-order valence-electron chi connectivity index (χ4n) is 2.84. The van der Waals surface area contributed by atoms with Crippen LogP contribution in [0.3, 0.4) is 0 Å². The molecule has 0 atom stereocenters. The summed E-state index contributed by atoms with van der Waals surface area (Å²) in [5.41, 5.74) is 1.58. The van der Waals surface area contributed by atoms with E-state index >= 15 is 0 Å². The summed E-state index contributed by atoms with van der Waals surface area (Å²) in [7, 11) is -12.3. The van der Waals surface area contributed by atoms with Crippen LogP contribution in [0.4, 0.5) is 17.1 Å². The Balaban J connectivity index is 0.000000437. The van der Waals surface area contributed by atoms with Gasteiger partial charge in [0, 0.05) is 18.8 Å². The largest absolute Gasteiger partial charge is 0.397 e. The average molecular weight is 614 g/mol.